The summed E-state index contributed by atoms with van der Waals surface area (Å²) < 4.78 is 0. The number of hydrogen-bond donors (Lipinski definition) is 1. The average molecular weight is 370 g/mol. The molecule has 0 aliphatic heterocycles. The molecule has 1 aliphatic rings. The van der Waals surface area contributed by atoms with Crippen LogP contribution in [0.4, 0.5) is 11.4 Å². The number of benzene rings is 3. The maximum atomic E-state index is 3.60. The van der Waals surface area contributed by atoms with Gasteiger partial charge in [-0.3, -0.25) is 0 Å². The molecule has 0 saturated carbocycles. The van der Waals surface area contributed by atoms with Gasteiger partial charge in [-0.25, -0.2) is 0 Å². The molecule has 1 N–H and O–H groups in total. The number of rotatable bonds is 7. The van der Waals surface area contributed by atoms with Crippen LogP contribution in [0.1, 0.15) is 63.1 Å². The Morgan fingerprint density at radius 3 is 2.21 bits per heavy atom. The molecular weight excluding hydrogens is 338 g/mol. The summed E-state index contributed by atoms with van der Waals surface area (Å²) >= 11 is 0. The smallest absolute Gasteiger partial charge is 0.0387 e. The number of fused-ring (bicyclic) bond motifs is 3. The molecule has 0 unspecified atom stereocenters. The van der Waals surface area contributed by atoms with Crippen LogP contribution in [0.25, 0.3) is 11.1 Å². The van der Waals surface area contributed by atoms with Gasteiger partial charge in [0, 0.05) is 16.8 Å². The minimum atomic E-state index is 0.0476. The maximum Gasteiger partial charge on any atom is 0.0387 e. The van der Waals surface area contributed by atoms with E-state index in [4.69, 9.17) is 0 Å². The van der Waals surface area contributed by atoms with E-state index in [9.17, 15) is 0 Å². The molecule has 1 nitrogen and oxygen atoms in total. The summed E-state index contributed by atoms with van der Waals surface area (Å²) in [5.41, 5.74) is 9.38. The van der Waals surface area contributed by atoms with Crippen molar-refractivity contribution < 1.29 is 0 Å². The number of unbranched alkanes of at least 4 members (excludes halogenated alkanes) is 3. The minimum Gasteiger partial charge on any atom is -0.356 e. The lowest BCUT2D eigenvalue weighted by Gasteiger charge is -2.22. The van der Waals surface area contributed by atoms with Crippen molar-refractivity contribution in [3.05, 3.63) is 83.4 Å². The monoisotopic (exact) mass is 369 g/mol. The largest absolute Gasteiger partial charge is 0.356 e. The van der Waals surface area contributed by atoms with Gasteiger partial charge in [-0.05, 0) is 64.9 Å². The molecule has 0 atom stereocenters. The van der Waals surface area contributed by atoms with Crippen LogP contribution < -0.4 is 5.32 Å². The average Bonchev–Trinajstić information content (AvgIpc) is 2.94. The van der Waals surface area contributed by atoms with Gasteiger partial charge in [0.2, 0.25) is 0 Å². The van der Waals surface area contributed by atoms with Gasteiger partial charge < -0.3 is 5.32 Å². The second-order valence-corrected chi connectivity index (χ2v) is 8.56. The Morgan fingerprint density at radius 2 is 1.43 bits per heavy atom. The standard InChI is InChI=1S/C27H31N/c1-4-5-6-7-10-20-13-15-21(16-14-20)28-22-17-18-24-23-11-8-9-12-25(23)27(2,3)26(24)19-22/h8-9,11-19,28H,4-7,10H2,1-3H3. The Kier molecular flexibility index (Phi) is 5.26. The van der Waals surface area contributed by atoms with Crippen LogP contribution in [0.2, 0.25) is 0 Å². The molecule has 0 bridgehead atoms. The highest BCUT2D eigenvalue weighted by Gasteiger charge is 2.35. The van der Waals surface area contributed by atoms with E-state index in [2.05, 4.69) is 92.8 Å². The predicted molar refractivity (Wildman–Crippen MR) is 122 cm³/mol. The van der Waals surface area contributed by atoms with Gasteiger partial charge in [0.05, 0.1) is 0 Å². The van der Waals surface area contributed by atoms with Gasteiger partial charge in [0.15, 0.2) is 0 Å². The molecule has 0 heterocycles. The maximum absolute atomic E-state index is 3.60. The zero-order valence-corrected chi connectivity index (χ0v) is 17.4. The van der Waals surface area contributed by atoms with Crippen molar-refractivity contribution in [2.75, 3.05) is 5.32 Å². The SMILES string of the molecule is CCCCCCc1ccc(Nc2ccc3c(c2)C(C)(C)c2ccccc2-3)cc1. The zero-order chi connectivity index (χ0) is 19.6. The third kappa shape index (κ3) is 3.58. The highest BCUT2D eigenvalue weighted by Crippen LogP contribution is 2.49. The van der Waals surface area contributed by atoms with Crippen LogP contribution in [-0.4, -0.2) is 0 Å². The van der Waals surface area contributed by atoms with Crippen LogP contribution >= 0.6 is 0 Å². The molecule has 4 rings (SSSR count). The summed E-state index contributed by atoms with van der Waals surface area (Å²) in [6.07, 6.45) is 6.46. The van der Waals surface area contributed by atoms with E-state index in [-0.39, 0.29) is 5.41 Å². The van der Waals surface area contributed by atoms with Crippen molar-refractivity contribution in [3.63, 3.8) is 0 Å². The van der Waals surface area contributed by atoms with E-state index in [1.54, 1.807) is 0 Å². The van der Waals surface area contributed by atoms with E-state index in [0.29, 0.717) is 0 Å². The van der Waals surface area contributed by atoms with E-state index < -0.39 is 0 Å². The quantitative estimate of drug-likeness (QED) is 0.418. The van der Waals surface area contributed by atoms with Gasteiger partial charge >= 0.3 is 0 Å². The highest BCUT2D eigenvalue weighted by atomic mass is 14.9. The van der Waals surface area contributed by atoms with E-state index >= 15 is 0 Å². The van der Waals surface area contributed by atoms with Crippen molar-refractivity contribution in [1.29, 1.82) is 0 Å². The molecule has 1 aliphatic carbocycles. The summed E-state index contributed by atoms with van der Waals surface area (Å²) in [7, 11) is 0. The summed E-state index contributed by atoms with van der Waals surface area (Å²) in [5.74, 6) is 0. The van der Waals surface area contributed by atoms with Gasteiger partial charge in [0.25, 0.3) is 0 Å². The summed E-state index contributed by atoms with van der Waals surface area (Å²) in [5, 5.41) is 3.60. The number of aryl methyl sites for hydroxylation is 1. The molecule has 3 aromatic carbocycles. The second-order valence-electron chi connectivity index (χ2n) is 8.56. The molecule has 0 radical (unpaired) electrons. The minimum absolute atomic E-state index is 0.0476. The van der Waals surface area contributed by atoms with Crippen molar-refractivity contribution in [2.45, 2.75) is 58.3 Å². The van der Waals surface area contributed by atoms with Crippen molar-refractivity contribution >= 4 is 11.4 Å². The van der Waals surface area contributed by atoms with Crippen molar-refractivity contribution in [1.82, 2.24) is 0 Å². The van der Waals surface area contributed by atoms with Crippen molar-refractivity contribution in [3.8, 4) is 11.1 Å². The number of nitrogens with one attached hydrogen (secondary N) is 1. The van der Waals surface area contributed by atoms with Crippen LogP contribution in [0.3, 0.4) is 0 Å². The van der Waals surface area contributed by atoms with E-state index in [1.165, 1.54) is 59.9 Å². The number of anilines is 2. The topological polar surface area (TPSA) is 12.0 Å². The molecule has 144 valence electrons. The molecular formula is C27H31N. The molecule has 0 saturated heterocycles. The van der Waals surface area contributed by atoms with Crippen molar-refractivity contribution in [2.24, 2.45) is 0 Å². The Bertz CT molecular complexity index is 950. The third-order valence-electron chi connectivity index (χ3n) is 6.15. The summed E-state index contributed by atoms with van der Waals surface area (Å²) in [6, 6.07) is 24.6. The normalized spacial score (nSPS) is 13.8. The van der Waals surface area contributed by atoms with Gasteiger partial charge in [-0.15, -0.1) is 0 Å². The Labute approximate surface area is 169 Å². The van der Waals surface area contributed by atoms with Crippen LogP contribution in [0.15, 0.2) is 66.7 Å². The Morgan fingerprint density at radius 1 is 0.714 bits per heavy atom. The third-order valence-corrected chi connectivity index (χ3v) is 6.15. The zero-order valence-electron chi connectivity index (χ0n) is 17.4. The molecule has 0 amide bonds. The molecule has 0 aromatic heterocycles. The van der Waals surface area contributed by atoms with E-state index in [0.717, 1.165) is 11.4 Å². The fourth-order valence-corrected chi connectivity index (χ4v) is 4.46. The molecule has 28 heavy (non-hydrogen) atoms. The first kappa shape index (κ1) is 18.8. The molecule has 0 fully saturated rings. The first-order valence-corrected chi connectivity index (χ1v) is 10.7. The Balaban J connectivity index is 1.49. The van der Waals surface area contributed by atoms with Gasteiger partial charge in [-0.2, -0.15) is 0 Å². The molecule has 1 heteroatoms. The second kappa shape index (κ2) is 7.83. The lowest BCUT2D eigenvalue weighted by atomic mass is 9.82. The highest BCUT2D eigenvalue weighted by molar-refractivity contribution is 5.82. The lowest BCUT2D eigenvalue weighted by Crippen LogP contribution is -2.15. The van der Waals surface area contributed by atoms with Crippen LogP contribution in [-0.2, 0) is 11.8 Å². The fraction of sp³-hybridized carbons (Fsp3) is 0.333. The van der Waals surface area contributed by atoms with Crippen LogP contribution in [0, 0.1) is 0 Å². The predicted octanol–water partition coefficient (Wildman–Crippen LogP) is 7.86. The Hall–Kier alpha value is -2.54. The van der Waals surface area contributed by atoms with Crippen LogP contribution in [0.5, 0.6) is 0 Å². The van der Waals surface area contributed by atoms with Gasteiger partial charge in [0.1, 0.15) is 0 Å². The lowest BCUT2D eigenvalue weighted by molar-refractivity contribution is 0.660. The van der Waals surface area contributed by atoms with Gasteiger partial charge in [-0.1, -0.05) is 82.5 Å². The first-order valence-electron chi connectivity index (χ1n) is 10.7. The fourth-order valence-electron chi connectivity index (χ4n) is 4.46. The molecule has 3 aromatic rings. The summed E-state index contributed by atoms with van der Waals surface area (Å²) in [4.78, 5) is 0. The first-order chi connectivity index (χ1) is 13.6. The molecule has 0 spiro atoms. The van der Waals surface area contributed by atoms with E-state index in [1.807, 2.05) is 0 Å². The number of hydrogen-bond acceptors (Lipinski definition) is 1. The summed E-state index contributed by atoms with van der Waals surface area (Å²) in [6.45, 7) is 6.92.